The smallest absolute Gasteiger partial charge is 0.122 e. The number of nitrogens with zero attached hydrogens (tertiary/aromatic N) is 1. The van der Waals surface area contributed by atoms with Gasteiger partial charge in [0.05, 0.1) is 12.3 Å². The van der Waals surface area contributed by atoms with Crippen LogP contribution in [0.2, 0.25) is 0 Å². The Morgan fingerprint density at radius 2 is 2.25 bits per heavy atom. The Kier molecular flexibility index (Phi) is 4.18. The molecule has 2 fully saturated rings. The van der Waals surface area contributed by atoms with Crippen LogP contribution in [0.1, 0.15) is 50.8 Å². The maximum absolute atomic E-state index is 6.36. The number of likely N-dealkylation sites (N-methyl/N-ethyl adjacent to an activating group) is 1. The first-order chi connectivity index (χ1) is 9.69. The van der Waals surface area contributed by atoms with E-state index in [9.17, 15) is 0 Å². The number of rotatable bonds is 6. The number of hydrogen-bond acceptors (Lipinski definition) is 3. The average molecular weight is 276 g/mol. The van der Waals surface area contributed by atoms with E-state index in [1.54, 1.807) is 6.26 Å². The fourth-order valence-corrected chi connectivity index (χ4v) is 4.52. The molecule has 0 aromatic carbocycles. The molecule has 2 N–H and O–H groups in total. The fourth-order valence-electron chi connectivity index (χ4n) is 4.52. The lowest BCUT2D eigenvalue weighted by Gasteiger charge is -2.34. The Balaban J connectivity index is 1.67. The van der Waals surface area contributed by atoms with Gasteiger partial charge in [0.2, 0.25) is 0 Å². The Hall–Kier alpha value is -0.800. The van der Waals surface area contributed by atoms with Crippen LogP contribution in [0.25, 0.3) is 0 Å². The minimum absolute atomic E-state index is 0.143. The van der Waals surface area contributed by atoms with Gasteiger partial charge in [-0.1, -0.05) is 13.3 Å². The van der Waals surface area contributed by atoms with Gasteiger partial charge in [0.15, 0.2) is 0 Å². The third kappa shape index (κ3) is 2.66. The molecule has 0 spiro atoms. The van der Waals surface area contributed by atoms with Crippen LogP contribution in [-0.4, -0.2) is 24.5 Å². The molecule has 1 aromatic rings. The van der Waals surface area contributed by atoms with Gasteiger partial charge in [-0.3, -0.25) is 4.90 Å². The lowest BCUT2D eigenvalue weighted by atomic mass is 9.88. The van der Waals surface area contributed by atoms with Crippen molar-refractivity contribution in [3.63, 3.8) is 0 Å². The highest BCUT2D eigenvalue weighted by molar-refractivity contribution is 5.08. The molecule has 2 saturated carbocycles. The molecule has 0 radical (unpaired) electrons. The van der Waals surface area contributed by atoms with Crippen molar-refractivity contribution < 1.29 is 4.42 Å². The van der Waals surface area contributed by atoms with E-state index < -0.39 is 0 Å². The molecule has 3 heteroatoms. The second-order valence-corrected chi connectivity index (χ2v) is 6.91. The van der Waals surface area contributed by atoms with E-state index in [1.165, 1.54) is 32.2 Å². The Labute approximate surface area is 122 Å². The molecule has 0 saturated heterocycles. The second-order valence-electron chi connectivity index (χ2n) is 6.91. The minimum Gasteiger partial charge on any atom is -0.468 e. The summed E-state index contributed by atoms with van der Waals surface area (Å²) in [7, 11) is 2.22. The summed E-state index contributed by atoms with van der Waals surface area (Å²) in [6.45, 7) is 3.33. The van der Waals surface area contributed by atoms with Crippen molar-refractivity contribution in [2.45, 2.75) is 51.1 Å². The molecule has 0 amide bonds. The lowest BCUT2D eigenvalue weighted by molar-refractivity contribution is 0.137. The van der Waals surface area contributed by atoms with Crippen LogP contribution in [-0.2, 0) is 0 Å². The molecule has 2 aliphatic carbocycles. The highest BCUT2D eigenvalue weighted by Crippen LogP contribution is 2.48. The Bertz CT molecular complexity index is 417. The number of fused-ring (bicyclic) bond motifs is 2. The van der Waals surface area contributed by atoms with Gasteiger partial charge in [0, 0.05) is 12.6 Å². The molecule has 5 atom stereocenters. The second kappa shape index (κ2) is 5.90. The van der Waals surface area contributed by atoms with Crippen molar-refractivity contribution in [1.29, 1.82) is 0 Å². The highest BCUT2D eigenvalue weighted by atomic mass is 16.3. The molecular weight excluding hydrogens is 248 g/mol. The molecule has 3 rings (SSSR count). The van der Waals surface area contributed by atoms with Gasteiger partial charge < -0.3 is 10.2 Å². The summed E-state index contributed by atoms with van der Waals surface area (Å²) >= 11 is 0. The topological polar surface area (TPSA) is 42.4 Å². The molecule has 20 heavy (non-hydrogen) atoms. The summed E-state index contributed by atoms with van der Waals surface area (Å²) in [6.07, 6.45) is 8.57. The van der Waals surface area contributed by atoms with E-state index in [2.05, 4.69) is 24.9 Å². The Morgan fingerprint density at radius 3 is 2.80 bits per heavy atom. The standard InChI is InChI=1S/C17H28N2O/c1-3-15(18)17(16-5-4-8-20-16)19(2)11-14-10-12-6-7-13(14)9-12/h4-5,8,12-15,17H,3,6-7,9-11,18H2,1-2H3. The highest BCUT2D eigenvalue weighted by Gasteiger charge is 2.40. The van der Waals surface area contributed by atoms with Gasteiger partial charge in [-0.05, 0) is 62.6 Å². The number of nitrogens with two attached hydrogens (primary N) is 1. The third-order valence-corrected chi connectivity index (χ3v) is 5.59. The largest absolute Gasteiger partial charge is 0.468 e. The molecule has 112 valence electrons. The third-order valence-electron chi connectivity index (χ3n) is 5.59. The molecule has 5 unspecified atom stereocenters. The summed E-state index contributed by atoms with van der Waals surface area (Å²) in [5, 5.41) is 0. The lowest BCUT2D eigenvalue weighted by Crippen LogP contribution is -2.41. The average Bonchev–Trinajstić information content (AvgIpc) is 3.15. The summed E-state index contributed by atoms with van der Waals surface area (Å²) in [4.78, 5) is 2.44. The fraction of sp³-hybridized carbons (Fsp3) is 0.765. The van der Waals surface area contributed by atoms with Crippen LogP contribution in [0.5, 0.6) is 0 Å². The molecule has 2 aliphatic rings. The normalized spacial score (nSPS) is 31.9. The predicted octanol–water partition coefficient (Wildman–Crippen LogP) is 3.43. The van der Waals surface area contributed by atoms with Crippen LogP contribution in [0.15, 0.2) is 22.8 Å². The van der Waals surface area contributed by atoms with Crippen molar-refractivity contribution in [1.82, 2.24) is 4.90 Å². The van der Waals surface area contributed by atoms with Gasteiger partial charge >= 0.3 is 0 Å². The van der Waals surface area contributed by atoms with E-state index in [-0.39, 0.29) is 12.1 Å². The minimum atomic E-state index is 0.143. The van der Waals surface area contributed by atoms with E-state index in [0.717, 1.165) is 29.9 Å². The molecular formula is C17H28N2O. The number of hydrogen-bond donors (Lipinski definition) is 1. The van der Waals surface area contributed by atoms with Crippen LogP contribution < -0.4 is 5.73 Å². The van der Waals surface area contributed by atoms with Gasteiger partial charge in [0.1, 0.15) is 5.76 Å². The summed E-state index contributed by atoms with van der Waals surface area (Å²) < 4.78 is 5.64. The molecule has 1 aromatic heterocycles. The van der Waals surface area contributed by atoms with Crippen molar-refractivity contribution in [2.75, 3.05) is 13.6 Å². The van der Waals surface area contributed by atoms with Crippen molar-refractivity contribution in [2.24, 2.45) is 23.5 Å². The molecule has 3 nitrogen and oxygen atoms in total. The SMILES string of the molecule is CCC(N)C(c1ccco1)N(C)CC1CC2CCC1C2. The van der Waals surface area contributed by atoms with Crippen molar-refractivity contribution in [3.8, 4) is 0 Å². The first kappa shape index (κ1) is 14.2. The zero-order valence-corrected chi connectivity index (χ0v) is 12.8. The molecule has 0 aliphatic heterocycles. The summed E-state index contributed by atoms with van der Waals surface area (Å²) in [5.74, 6) is 3.88. The van der Waals surface area contributed by atoms with Crippen molar-refractivity contribution >= 4 is 0 Å². The maximum atomic E-state index is 6.36. The van der Waals surface area contributed by atoms with Crippen LogP contribution in [0.4, 0.5) is 0 Å². The zero-order valence-electron chi connectivity index (χ0n) is 12.8. The quantitative estimate of drug-likeness (QED) is 0.865. The van der Waals surface area contributed by atoms with Gasteiger partial charge in [0.25, 0.3) is 0 Å². The zero-order chi connectivity index (χ0) is 14.1. The van der Waals surface area contributed by atoms with Crippen LogP contribution >= 0.6 is 0 Å². The summed E-state index contributed by atoms with van der Waals surface area (Å²) in [5.41, 5.74) is 6.36. The Morgan fingerprint density at radius 1 is 1.40 bits per heavy atom. The monoisotopic (exact) mass is 276 g/mol. The maximum Gasteiger partial charge on any atom is 0.122 e. The van der Waals surface area contributed by atoms with Crippen molar-refractivity contribution in [3.05, 3.63) is 24.2 Å². The summed E-state index contributed by atoms with van der Waals surface area (Å²) in [6, 6.07) is 4.40. The van der Waals surface area contributed by atoms with E-state index in [4.69, 9.17) is 10.2 Å². The predicted molar refractivity (Wildman–Crippen MR) is 81.3 cm³/mol. The van der Waals surface area contributed by atoms with E-state index in [1.807, 2.05) is 6.07 Å². The van der Waals surface area contributed by atoms with Gasteiger partial charge in [-0.15, -0.1) is 0 Å². The van der Waals surface area contributed by atoms with Crippen LogP contribution in [0, 0.1) is 17.8 Å². The van der Waals surface area contributed by atoms with Crippen LogP contribution in [0.3, 0.4) is 0 Å². The van der Waals surface area contributed by atoms with Gasteiger partial charge in [-0.25, -0.2) is 0 Å². The first-order valence-electron chi connectivity index (χ1n) is 8.18. The van der Waals surface area contributed by atoms with E-state index in [0.29, 0.717) is 0 Å². The first-order valence-corrected chi connectivity index (χ1v) is 8.18. The molecule has 2 bridgehead atoms. The van der Waals surface area contributed by atoms with E-state index >= 15 is 0 Å². The molecule has 1 heterocycles. The number of furan rings is 1. The van der Waals surface area contributed by atoms with Gasteiger partial charge in [-0.2, -0.15) is 0 Å².